The van der Waals surface area contributed by atoms with Crippen LogP contribution in [0, 0.1) is 0 Å². The molecule has 0 saturated carbocycles. The fourth-order valence-electron chi connectivity index (χ4n) is 1.82. The first kappa shape index (κ1) is 12.1. The highest BCUT2D eigenvalue weighted by atomic mass is 79.9. The standard InChI is InChI=1S/C13H10BrN3O2/c14-12-7-6-11(19-12)13(18)10-8-15-16-17(10)9-4-2-1-3-5-9/h1-8,13,18H. The molecular weight excluding hydrogens is 310 g/mol. The van der Waals surface area contributed by atoms with Crippen LogP contribution in [0.3, 0.4) is 0 Å². The van der Waals surface area contributed by atoms with Crippen LogP contribution in [0.1, 0.15) is 17.6 Å². The van der Waals surface area contributed by atoms with Gasteiger partial charge in [-0.05, 0) is 40.2 Å². The van der Waals surface area contributed by atoms with Gasteiger partial charge < -0.3 is 9.52 Å². The number of hydrogen-bond donors (Lipinski definition) is 1. The fourth-order valence-corrected chi connectivity index (χ4v) is 2.14. The Bertz CT molecular complexity index is 678. The maximum atomic E-state index is 10.3. The highest BCUT2D eigenvalue weighted by Crippen LogP contribution is 2.26. The first-order chi connectivity index (χ1) is 9.25. The minimum Gasteiger partial charge on any atom is -0.451 e. The number of nitrogens with zero attached hydrogens (tertiary/aromatic N) is 3. The fraction of sp³-hybridized carbons (Fsp3) is 0.0769. The summed E-state index contributed by atoms with van der Waals surface area (Å²) in [5, 5.41) is 18.2. The lowest BCUT2D eigenvalue weighted by atomic mass is 10.2. The van der Waals surface area contributed by atoms with E-state index in [-0.39, 0.29) is 0 Å². The number of benzene rings is 1. The third-order valence-corrected chi connectivity index (χ3v) is 3.15. The minimum atomic E-state index is -0.915. The quantitative estimate of drug-likeness (QED) is 0.806. The number of aromatic nitrogens is 3. The summed E-state index contributed by atoms with van der Waals surface area (Å²) in [5.74, 6) is 0.436. The Morgan fingerprint density at radius 3 is 2.63 bits per heavy atom. The third-order valence-electron chi connectivity index (χ3n) is 2.72. The van der Waals surface area contributed by atoms with Crippen LogP contribution in [0.25, 0.3) is 5.69 Å². The summed E-state index contributed by atoms with van der Waals surface area (Å²) in [7, 11) is 0. The molecule has 3 rings (SSSR count). The van der Waals surface area contributed by atoms with Crippen LogP contribution in [-0.2, 0) is 0 Å². The van der Waals surface area contributed by atoms with Crippen LogP contribution in [0.5, 0.6) is 0 Å². The number of aliphatic hydroxyl groups excluding tert-OH is 1. The maximum Gasteiger partial charge on any atom is 0.169 e. The summed E-state index contributed by atoms with van der Waals surface area (Å²) < 4.78 is 7.51. The summed E-state index contributed by atoms with van der Waals surface area (Å²) in [4.78, 5) is 0. The number of furan rings is 1. The topological polar surface area (TPSA) is 64.1 Å². The molecule has 2 heterocycles. The summed E-state index contributed by atoms with van der Waals surface area (Å²) in [6.45, 7) is 0. The van der Waals surface area contributed by atoms with E-state index in [9.17, 15) is 5.11 Å². The second kappa shape index (κ2) is 4.99. The Kier molecular flexibility index (Phi) is 3.18. The molecule has 0 aliphatic heterocycles. The van der Waals surface area contributed by atoms with Gasteiger partial charge in [-0.25, -0.2) is 4.68 Å². The Labute approximate surface area is 117 Å². The van der Waals surface area contributed by atoms with Gasteiger partial charge in [-0.15, -0.1) is 5.10 Å². The van der Waals surface area contributed by atoms with E-state index in [1.54, 1.807) is 16.8 Å². The van der Waals surface area contributed by atoms with E-state index in [1.165, 1.54) is 6.20 Å². The average molecular weight is 320 g/mol. The van der Waals surface area contributed by atoms with Gasteiger partial charge in [0.1, 0.15) is 11.5 Å². The van der Waals surface area contributed by atoms with Crippen molar-refractivity contribution in [2.75, 3.05) is 0 Å². The van der Waals surface area contributed by atoms with E-state index in [2.05, 4.69) is 26.2 Å². The first-order valence-corrected chi connectivity index (χ1v) is 6.44. The number of rotatable bonds is 3. The highest BCUT2D eigenvalue weighted by Gasteiger charge is 2.20. The highest BCUT2D eigenvalue weighted by molar-refractivity contribution is 9.10. The maximum absolute atomic E-state index is 10.3. The molecule has 0 aliphatic carbocycles. The summed E-state index contributed by atoms with van der Waals surface area (Å²) >= 11 is 3.21. The lowest BCUT2D eigenvalue weighted by Crippen LogP contribution is -2.07. The van der Waals surface area contributed by atoms with E-state index >= 15 is 0 Å². The van der Waals surface area contributed by atoms with Gasteiger partial charge >= 0.3 is 0 Å². The van der Waals surface area contributed by atoms with Crippen LogP contribution in [-0.4, -0.2) is 20.1 Å². The molecule has 19 heavy (non-hydrogen) atoms. The van der Waals surface area contributed by atoms with Crippen molar-refractivity contribution in [2.45, 2.75) is 6.10 Å². The zero-order valence-corrected chi connectivity index (χ0v) is 11.4. The number of halogens is 1. The zero-order chi connectivity index (χ0) is 13.2. The molecule has 0 radical (unpaired) electrons. The van der Waals surface area contributed by atoms with Crippen molar-refractivity contribution in [2.24, 2.45) is 0 Å². The SMILES string of the molecule is OC(c1ccc(Br)o1)c1cnnn1-c1ccccc1. The van der Waals surface area contributed by atoms with E-state index < -0.39 is 6.10 Å². The van der Waals surface area contributed by atoms with Gasteiger partial charge in [0, 0.05) is 0 Å². The van der Waals surface area contributed by atoms with Crippen molar-refractivity contribution < 1.29 is 9.52 Å². The van der Waals surface area contributed by atoms with E-state index in [4.69, 9.17) is 4.42 Å². The van der Waals surface area contributed by atoms with Crippen molar-refractivity contribution in [3.63, 3.8) is 0 Å². The van der Waals surface area contributed by atoms with E-state index in [0.717, 1.165) is 5.69 Å². The molecular formula is C13H10BrN3O2. The van der Waals surface area contributed by atoms with E-state index in [0.29, 0.717) is 16.1 Å². The molecule has 1 unspecified atom stereocenters. The van der Waals surface area contributed by atoms with Crippen LogP contribution < -0.4 is 0 Å². The van der Waals surface area contributed by atoms with Crippen molar-refractivity contribution in [3.05, 3.63) is 64.8 Å². The molecule has 3 aromatic rings. The molecule has 1 N–H and O–H groups in total. The van der Waals surface area contributed by atoms with Crippen LogP contribution >= 0.6 is 15.9 Å². The molecule has 0 bridgehead atoms. The third kappa shape index (κ3) is 2.32. The summed E-state index contributed by atoms with van der Waals surface area (Å²) in [6, 6.07) is 12.9. The van der Waals surface area contributed by atoms with Crippen LogP contribution in [0.4, 0.5) is 0 Å². The van der Waals surface area contributed by atoms with Gasteiger partial charge in [0.05, 0.1) is 11.9 Å². The first-order valence-electron chi connectivity index (χ1n) is 5.65. The Morgan fingerprint density at radius 1 is 1.16 bits per heavy atom. The average Bonchev–Trinajstić information content (AvgIpc) is 3.07. The smallest absolute Gasteiger partial charge is 0.169 e. The number of hydrogen-bond acceptors (Lipinski definition) is 4. The van der Waals surface area contributed by atoms with Crippen molar-refractivity contribution in [3.8, 4) is 5.69 Å². The summed E-state index contributed by atoms with van der Waals surface area (Å²) in [5.41, 5.74) is 1.38. The molecule has 0 saturated heterocycles. The van der Waals surface area contributed by atoms with E-state index in [1.807, 2.05) is 30.3 Å². The van der Waals surface area contributed by atoms with Gasteiger partial charge in [0.15, 0.2) is 10.8 Å². The lowest BCUT2D eigenvalue weighted by molar-refractivity contribution is 0.180. The predicted molar refractivity (Wildman–Crippen MR) is 71.8 cm³/mol. The normalized spacial score (nSPS) is 12.5. The Hall–Kier alpha value is -1.92. The molecule has 1 atom stereocenters. The minimum absolute atomic E-state index is 0.436. The largest absolute Gasteiger partial charge is 0.451 e. The van der Waals surface area contributed by atoms with Gasteiger partial charge in [0.2, 0.25) is 0 Å². The lowest BCUT2D eigenvalue weighted by Gasteiger charge is -2.10. The number of aliphatic hydroxyl groups is 1. The molecule has 0 aliphatic rings. The van der Waals surface area contributed by atoms with Crippen molar-refractivity contribution in [1.29, 1.82) is 0 Å². The van der Waals surface area contributed by atoms with Crippen LogP contribution in [0.15, 0.2) is 57.7 Å². The van der Waals surface area contributed by atoms with Gasteiger partial charge in [-0.1, -0.05) is 23.4 Å². The Balaban J connectivity index is 2.01. The molecule has 2 aromatic heterocycles. The monoisotopic (exact) mass is 319 g/mol. The second-order valence-corrected chi connectivity index (χ2v) is 4.73. The second-order valence-electron chi connectivity index (χ2n) is 3.95. The zero-order valence-electron chi connectivity index (χ0n) is 9.77. The molecule has 96 valence electrons. The van der Waals surface area contributed by atoms with Gasteiger partial charge in [-0.3, -0.25) is 0 Å². The molecule has 0 fully saturated rings. The molecule has 0 spiro atoms. The van der Waals surface area contributed by atoms with Gasteiger partial charge in [0.25, 0.3) is 0 Å². The summed E-state index contributed by atoms with van der Waals surface area (Å²) in [6.07, 6.45) is 0.607. The molecule has 5 nitrogen and oxygen atoms in total. The molecule has 6 heteroatoms. The van der Waals surface area contributed by atoms with Gasteiger partial charge in [-0.2, -0.15) is 0 Å². The van der Waals surface area contributed by atoms with Crippen molar-refractivity contribution >= 4 is 15.9 Å². The van der Waals surface area contributed by atoms with Crippen molar-refractivity contribution in [1.82, 2.24) is 15.0 Å². The number of para-hydroxylation sites is 1. The molecule has 0 amide bonds. The van der Waals surface area contributed by atoms with Crippen LogP contribution in [0.2, 0.25) is 0 Å². The Morgan fingerprint density at radius 2 is 1.95 bits per heavy atom. The molecule has 1 aromatic carbocycles. The predicted octanol–water partition coefficient (Wildman–Crippen LogP) is 2.70.